The van der Waals surface area contributed by atoms with Crippen LogP contribution >= 0.6 is 23.2 Å². The smallest absolute Gasteiger partial charge is 0.281 e. The quantitative estimate of drug-likeness (QED) is 0.484. The number of halogens is 3. The van der Waals surface area contributed by atoms with Crippen LogP contribution < -0.4 is 10.3 Å². The molecule has 0 atom stereocenters. The first kappa shape index (κ1) is 17.5. The van der Waals surface area contributed by atoms with Gasteiger partial charge in [-0.25, -0.2) is 8.91 Å². The zero-order valence-corrected chi connectivity index (χ0v) is 15.1. The van der Waals surface area contributed by atoms with Crippen LogP contribution in [0.1, 0.15) is 0 Å². The molecule has 2 heterocycles. The highest BCUT2D eigenvalue weighted by Crippen LogP contribution is 2.35. The molecule has 0 aliphatic heterocycles. The Bertz CT molecular complexity index is 1210. The van der Waals surface area contributed by atoms with Crippen molar-refractivity contribution in [1.82, 2.24) is 14.6 Å². The van der Waals surface area contributed by atoms with E-state index in [1.54, 1.807) is 36.4 Å². The average Bonchev–Trinajstić information content (AvgIpc) is 2.65. The van der Waals surface area contributed by atoms with Crippen LogP contribution in [0.2, 0.25) is 10.0 Å². The van der Waals surface area contributed by atoms with Crippen LogP contribution in [-0.2, 0) is 0 Å². The average molecular weight is 402 g/mol. The van der Waals surface area contributed by atoms with Crippen LogP contribution in [-0.4, -0.2) is 14.6 Å². The number of hydrogen-bond acceptors (Lipinski definition) is 4. The van der Waals surface area contributed by atoms with Crippen molar-refractivity contribution in [2.24, 2.45) is 0 Å². The molecule has 0 saturated heterocycles. The lowest BCUT2D eigenvalue weighted by atomic mass is 10.1. The molecule has 0 saturated carbocycles. The summed E-state index contributed by atoms with van der Waals surface area (Å²) in [5, 5.41) is 4.88. The molecular weight excluding hydrogens is 392 g/mol. The van der Waals surface area contributed by atoms with E-state index in [0.29, 0.717) is 21.1 Å². The molecule has 0 amide bonds. The first-order chi connectivity index (χ1) is 13.0. The lowest BCUT2D eigenvalue weighted by molar-refractivity contribution is 0.419. The van der Waals surface area contributed by atoms with Crippen LogP contribution in [0.4, 0.5) is 4.39 Å². The second kappa shape index (κ2) is 6.98. The van der Waals surface area contributed by atoms with Gasteiger partial charge in [0.1, 0.15) is 6.33 Å². The van der Waals surface area contributed by atoms with Gasteiger partial charge in [0.15, 0.2) is 11.6 Å². The van der Waals surface area contributed by atoms with E-state index < -0.39 is 11.4 Å². The zero-order valence-electron chi connectivity index (χ0n) is 13.6. The number of ether oxygens (including phenoxy) is 1. The van der Waals surface area contributed by atoms with Crippen LogP contribution in [0, 0.1) is 5.82 Å². The van der Waals surface area contributed by atoms with Gasteiger partial charge in [0.2, 0.25) is 5.88 Å². The number of benzene rings is 2. The molecule has 0 fully saturated rings. The summed E-state index contributed by atoms with van der Waals surface area (Å²) in [5.41, 5.74) is 0.541. The summed E-state index contributed by atoms with van der Waals surface area (Å²) >= 11 is 12.5. The van der Waals surface area contributed by atoms with Crippen molar-refractivity contribution in [1.29, 1.82) is 0 Å². The zero-order chi connectivity index (χ0) is 19.0. The Morgan fingerprint density at radius 1 is 0.926 bits per heavy atom. The molecule has 0 aliphatic rings. The first-order valence-corrected chi connectivity index (χ1v) is 8.55. The van der Waals surface area contributed by atoms with Crippen LogP contribution in [0.3, 0.4) is 0 Å². The third-order valence-corrected chi connectivity index (χ3v) is 4.49. The molecule has 0 unspecified atom stereocenters. The topological polar surface area (TPSA) is 56.5 Å². The summed E-state index contributed by atoms with van der Waals surface area (Å²) in [6.45, 7) is 0. The molecule has 2 aromatic heterocycles. The van der Waals surface area contributed by atoms with E-state index in [1.807, 2.05) is 0 Å². The minimum Gasteiger partial charge on any atom is -0.435 e. The van der Waals surface area contributed by atoms with Crippen molar-refractivity contribution in [2.45, 2.75) is 0 Å². The Balaban J connectivity index is 1.87. The van der Waals surface area contributed by atoms with Crippen molar-refractivity contribution >= 4 is 28.7 Å². The van der Waals surface area contributed by atoms with Gasteiger partial charge in [0, 0.05) is 11.6 Å². The van der Waals surface area contributed by atoms with Gasteiger partial charge in [-0.3, -0.25) is 4.79 Å². The number of nitrogens with zero attached hydrogens (tertiary/aromatic N) is 3. The molecule has 0 radical (unpaired) electrons. The number of para-hydroxylation sites is 1. The van der Waals surface area contributed by atoms with Crippen LogP contribution in [0.15, 0.2) is 65.7 Å². The van der Waals surface area contributed by atoms with Gasteiger partial charge in [0.25, 0.3) is 5.56 Å². The van der Waals surface area contributed by atoms with Gasteiger partial charge in [0.05, 0.1) is 21.1 Å². The molecule has 8 heteroatoms. The lowest BCUT2D eigenvalue weighted by Crippen LogP contribution is -2.14. The van der Waals surface area contributed by atoms with Gasteiger partial charge in [-0.15, -0.1) is 5.10 Å². The number of aromatic nitrogens is 3. The number of fused-ring (bicyclic) bond motifs is 1. The summed E-state index contributed by atoms with van der Waals surface area (Å²) in [4.78, 5) is 16.2. The third-order valence-electron chi connectivity index (χ3n) is 3.86. The molecule has 4 aromatic rings. The Kier molecular flexibility index (Phi) is 4.51. The fourth-order valence-corrected chi connectivity index (χ4v) is 3.24. The highest BCUT2D eigenvalue weighted by Gasteiger charge is 2.17. The van der Waals surface area contributed by atoms with Crippen molar-refractivity contribution in [3.05, 3.63) is 87.1 Å². The summed E-state index contributed by atoms with van der Waals surface area (Å²) in [5.74, 6) is -0.344. The molecule has 134 valence electrons. The van der Waals surface area contributed by atoms with Crippen LogP contribution in [0.25, 0.3) is 16.6 Å². The van der Waals surface area contributed by atoms with E-state index >= 15 is 0 Å². The van der Waals surface area contributed by atoms with Gasteiger partial charge in [-0.05, 0) is 30.3 Å². The highest BCUT2D eigenvalue weighted by molar-refractivity contribution is 6.39. The monoisotopic (exact) mass is 401 g/mol. The molecule has 0 aliphatic carbocycles. The Labute approximate surface area is 162 Å². The Morgan fingerprint density at radius 3 is 2.41 bits per heavy atom. The third kappa shape index (κ3) is 3.25. The number of hydrogen-bond donors (Lipinski definition) is 0. The molecule has 0 bridgehead atoms. The van der Waals surface area contributed by atoms with E-state index in [9.17, 15) is 9.18 Å². The summed E-state index contributed by atoms with van der Waals surface area (Å²) in [6, 6.07) is 14.1. The number of rotatable bonds is 3. The largest absolute Gasteiger partial charge is 0.435 e. The lowest BCUT2D eigenvalue weighted by Gasteiger charge is -2.11. The molecule has 0 spiro atoms. The molecule has 4 rings (SSSR count). The van der Waals surface area contributed by atoms with E-state index in [1.165, 1.54) is 29.0 Å². The van der Waals surface area contributed by atoms with Crippen LogP contribution in [0.5, 0.6) is 11.6 Å². The fourth-order valence-electron chi connectivity index (χ4n) is 2.65. The Hall–Kier alpha value is -2.96. The second-order valence-corrected chi connectivity index (χ2v) is 6.37. The summed E-state index contributed by atoms with van der Waals surface area (Å²) in [7, 11) is 0. The van der Waals surface area contributed by atoms with Gasteiger partial charge >= 0.3 is 0 Å². The molecule has 0 N–H and O–H groups in total. The van der Waals surface area contributed by atoms with Crippen molar-refractivity contribution in [2.75, 3.05) is 0 Å². The molecule has 5 nitrogen and oxygen atoms in total. The Morgan fingerprint density at radius 2 is 1.67 bits per heavy atom. The predicted molar refractivity (Wildman–Crippen MR) is 101 cm³/mol. The van der Waals surface area contributed by atoms with E-state index in [2.05, 4.69) is 10.1 Å². The first-order valence-electron chi connectivity index (χ1n) is 7.80. The second-order valence-electron chi connectivity index (χ2n) is 5.56. The normalized spacial score (nSPS) is 10.9. The minimum atomic E-state index is -0.513. The molecule has 27 heavy (non-hydrogen) atoms. The maximum Gasteiger partial charge on any atom is 0.281 e. The van der Waals surface area contributed by atoms with Crippen molar-refractivity contribution in [3.63, 3.8) is 0 Å². The summed E-state index contributed by atoms with van der Waals surface area (Å²) < 4.78 is 20.6. The van der Waals surface area contributed by atoms with E-state index in [0.717, 1.165) is 0 Å². The SMILES string of the molecule is O=c1ncn2nc(Oc3ccccc3F)ccc2c1-c1c(Cl)cccc1Cl. The van der Waals surface area contributed by atoms with Gasteiger partial charge in [-0.1, -0.05) is 41.4 Å². The standard InChI is InChI=1S/C19H10Cl2FN3O2/c20-11-4-3-5-12(21)17(11)18-14-8-9-16(24-25(14)10-23-19(18)26)27-15-7-2-1-6-13(15)22/h1-10H. The van der Waals surface area contributed by atoms with Gasteiger partial charge in [-0.2, -0.15) is 4.98 Å². The fraction of sp³-hybridized carbons (Fsp3) is 0. The van der Waals surface area contributed by atoms with E-state index in [-0.39, 0.29) is 17.2 Å². The summed E-state index contributed by atoms with van der Waals surface area (Å²) in [6.07, 6.45) is 1.25. The predicted octanol–water partition coefficient (Wildman–Crippen LogP) is 4.99. The molecule has 2 aromatic carbocycles. The maximum atomic E-state index is 13.8. The van der Waals surface area contributed by atoms with Gasteiger partial charge < -0.3 is 4.74 Å². The van der Waals surface area contributed by atoms with Crippen molar-refractivity contribution in [3.8, 4) is 22.8 Å². The highest BCUT2D eigenvalue weighted by atomic mass is 35.5. The van der Waals surface area contributed by atoms with Crippen molar-refractivity contribution < 1.29 is 9.13 Å². The van der Waals surface area contributed by atoms with E-state index in [4.69, 9.17) is 27.9 Å². The minimum absolute atomic E-state index is 0.0349. The molecular formula is C19H10Cl2FN3O2. The maximum absolute atomic E-state index is 13.8.